The zero-order valence-corrected chi connectivity index (χ0v) is 14.6. The fraction of sp³-hybridized carbons (Fsp3) is 0.571. The molecule has 0 saturated heterocycles. The fourth-order valence-corrected chi connectivity index (χ4v) is 3.56. The molecule has 0 spiro atoms. The molecule has 3 nitrogen and oxygen atoms in total. The van der Waals surface area contributed by atoms with E-state index in [9.17, 15) is 9.90 Å². The van der Waals surface area contributed by atoms with E-state index in [1.54, 1.807) is 0 Å². The van der Waals surface area contributed by atoms with Crippen LogP contribution in [0, 0.1) is 17.8 Å². The number of carbonyl (C=O) groups excluding carboxylic acids is 1. The molecule has 24 heavy (non-hydrogen) atoms. The third-order valence-corrected chi connectivity index (χ3v) is 4.94. The van der Waals surface area contributed by atoms with Crippen molar-refractivity contribution in [3.05, 3.63) is 35.9 Å². The van der Waals surface area contributed by atoms with Gasteiger partial charge < -0.3 is 10.8 Å². The highest BCUT2D eigenvalue weighted by Crippen LogP contribution is 2.40. The van der Waals surface area contributed by atoms with Crippen molar-refractivity contribution in [3.63, 3.8) is 0 Å². The number of rotatable bonds is 6. The van der Waals surface area contributed by atoms with Gasteiger partial charge in [-0.15, -0.1) is 11.8 Å². The zero-order valence-electron chi connectivity index (χ0n) is 14.6. The molecule has 130 valence electrons. The minimum absolute atomic E-state index is 0.0594. The summed E-state index contributed by atoms with van der Waals surface area (Å²) < 4.78 is 0. The summed E-state index contributed by atoms with van der Waals surface area (Å²) in [6.45, 7) is 2.07. The summed E-state index contributed by atoms with van der Waals surface area (Å²) in [5, 5.41) is 11.5. The van der Waals surface area contributed by atoms with E-state index in [4.69, 9.17) is 5.73 Å². The van der Waals surface area contributed by atoms with Crippen LogP contribution < -0.4 is 5.73 Å². The molecular weight excluding hydrogens is 298 g/mol. The molecule has 0 radical (unpaired) electrons. The molecule has 1 aliphatic carbocycles. The third kappa shape index (κ3) is 4.26. The van der Waals surface area contributed by atoms with Crippen molar-refractivity contribution in [1.29, 1.82) is 0 Å². The van der Waals surface area contributed by atoms with E-state index < -0.39 is 11.6 Å². The smallest absolute Gasteiger partial charge is 0.186 e. The molecule has 0 amide bonds. The lowest BCUT2D eigenvalue weighted by Crippen LogP contribution is -2.51. The first-order chi connectivity index (χ1) is 11.6. The number of unbranched alkanes of at least 4 members (excludes halogenated alkanes) is 1. The third-order valence-electron chi connectivity index (χ3n) is 4.94. The Kier molecular flexibility index (Phi) is 7.02. The Morgan fingerprint density at radius 3 is 2.54 bits per heavy atom. The number of Topliss-reactive ketones (excluding diaryl/α,β-unsaturated/α-hetero) is 1. The standard InChI is InChI=1S/C21H29NO2/c1-2-3-4-11-16-19(22)20(23)21(24,17-12-7-5-8-13-17)18-14-9-6-10-15-18/h5,7-8,12-13,18-19,24H,2-3,6,9-10,14-16,22H2,1H3. The highest BCUT2D eigenvalue weighted by atomic mass is 16.3. The molecule has 2 unspecified atom stereocenters. The van der Waals surface area contributed by atoms with Crippen LogP contribution >= 0.6 is 0 Å². The number of hydrogen-bond acceptors (Lipinski definition) is 3. The average molecular weight is 327 g/mol. The number of nitrogens with two attached hydrogens (primary N) is 1. The summed E-state index contributed by atoms with van der Waals surface area (Å²) in [6.07, 6.45) is 7.12. The van der Waals surface area contributed by atoms with Gasteiger partial charge in [-0.3, -0.25) is 4.79 Å². The van der Waals surface area contributed by atoms with E-state index in [1.807, 2.05) is 30.3 Å². The van der Waals surface area contributed by atoms with Gasteiger partial charge in [-0.2, -0.15) is 0 Å². The number of benzene rings is 1. The predicted octanol–water partition coefficient (Wildman–Crippen LogP) is 3.54. The SMILES string of the molecule is CCCC#CCC(N)C(=O)C(O)(c1ccccc1)C1CCCCC1. The fourth-order valence-electron chi connectivity index (χ4n) is 3.56. The molecule has 0 aliphatic heterocycles. The summed E-state index contributed by atoms with van der Waals surface area (Å²) in [5.41, 5.74) is 5.29. The van der Waals surface area contributed by atoms with Gasteiger partial charge in [0.1, 0.15) is 0 Å². The molecular formula is C21H29NO2. The first-order valence-electron chi connectivity index (χ1n) is 9.14. The molecule has 3 N–H and O–H groups in total. The molecule has 1 saturated carbocycles. The van der Waals surface area contributed by atoms with Gasteiger partial charge in [0.2, 0.25) is 0 Å². The molecule has 0 heterocycles. The Morgan fingerprint density at radius 2 is 1.92 bits per heavy atom. The van der Waals surface area contributed by atoms with Crippen LogP contribution in [0.15, 0.2) is 30.3 Å². The largest absolute Gasteiger partial charge is 0.377 e. The van der Waals surface area contributed by atoms with Crippen molar-refractivity contribution in [2.75, 3.05) is 0 Å². The van der Waals surface area contributed by atoms with Crippen molar-refractivity contribution in [1.82, 2.24) is 0 Å². The second kappa shape index (κ2) is 9.01. The van der Waals surface area contributed by atoms with Crippen LogP contribution in [0.2, 0.25) is 0 Å². The molecule has 0 aromatic heterocycles. The maximum absolute atomic E-state index is 13.1. The second-order valence-corrected chi connectivity index (χ2v) is 6.75. The lowest BCUT2D eigenvalue weighted by molar-refractivity contribution is -0.148. The number of ketones is 1. The predicted molar refractivity (Wildman–Crippen MR) is 97.2 cm³/mol. The Morgan fingerprint density at radius 1 is 1.25 bits per heavy atom. The normalized spacial score (nSPS) is 19.0. The van der Waals surface area contributed by atoms with Gasteiger partial charge in [0.25, 0.3) is 0 Å². The minimum atomic E-state index is -1.49. The number of aliphatic hydroxyl groups is 1. The summed E-state index contributed by atoms with van der Waals surface area (Å²) in [5.74, 6) is 5.67. The van der Waals surface area contributed by atoms with E-state index in [0.29, 0.717) is 12.0 Å². The van der Waals surface area contributed by atoms with Gasteiger partial charge in [0, 0.05) is 12.8 Å². The van der Waals surface area contributed by atoms with E-state index in [-0.39, 0.29) is 11.7 Å². The number of carbonyl (C=O) groups is 1. The van der Waals surface area contributed by atoms with E-state index in [2.05, 4.69) is 18.8 Å². The lowest BCUT2D eigenvalue weighted by Gasteiger charge is -2.39. The number of hydrogen-bond donors (Lipinski definition) is 2. The van der Waals surface area contributed by atoms with E-state index in [1.165, 1.54) is 6.42 Å². The van der Waals surface area contributed by atoms with Gasteiger partial charge in [-0.05, 0) is 30.7 Å². The van der Waals surface area contributed by atoms with Crippen LogP contribution in [0.1, 0.15) is 63.9 Å². The van der Waals surface area contributed by atoms with Gasteiger partial charge in [-0.25, -0.2) is 0 Å². The van der Waals surface area contributed by atoms with Crippen molar-refractivity contribution in [2.45, 2.75) is 69.9 Å². The van der Waals surface area contributed by atoms with Crippen molar-refractivity contribution in [3.8, 4) is 11.8 Å². The molecule has 1 aromatic carbocycles. The van der Waals surface area contributed by atoms with Crippen LogP contribution in [0.25, 0.3) is 0 Å². The molecule has 2 rings (SSSR count). The molecule has 1 fully saturated rings. The van der Waals surface area contributed by atoms with Crippen molar-refractivity contribution < 1.29 is 9.90 Å². The highest BCUT2D eigenvalue weighted by Gasteiger charge is 2.46. The van der Waals surface area contributed by atoms with Gasteiger partial charge >= 0.3 is 0 Å². The Labute approximate surface area is 145 Å². The topological polar surface area (TPSA) is 63.3 Å². The summed E-state index contributed by atoms with van der Waals surface area (Å²) in [7, 11) is 0. The quantitative estimate of drug-likeness (QED) is 0.786. The molecule has 2 atom stereocenters. The van der Waals surface area contributed by atoms with Crippen LogP contribution in [-0.4, -0.2) is 16.9 Å². The van der Waals surface area contributed by atoms with Gasteiger partial charge in [0.15, 0.2) is 11.4 Å². The Bertz CT molecular complexity index is 581. The maximum atomic E-state index is 13.1. The van der Waals surface area contributed by atoms with E-state index >= 15 is 0 Å². The van der Waals surface area contributed by atoms with Crippen LogP contribution in [0.3, 0.4) is 0 Å². The minimum Gasteiger partial charge on any atom is -0.377 e. The van der Waals surface area contributed by atoms with Gasteiger partial charge in [0.05, 0.1) is 6.04 Å². The second-order valence-electron chi connectivity index (χ2n) is 6.75. The monoisotopic (exact) mass is 327 g/mol. The molecule has 1 aliphatic rings. The maximum Gasteiger partial charge on any atom is 0.186 e. The summed E-state index contributed by atoms with van der Waals surface area (Å²) in [4.78, 5) is 13.1. The summed E-state index contributed by atoms with van der Waals surface area (Å²) >= 11 is 0. The molecule has 3 heteroatoms. The molecule has 1 aromatic rings. The average Bonchev–Trinajstić information content (AvgIpc) is 2.65. The van der Waals surface area contributed by atoms with Crippen LogP contribution in [-0.2, 0) is 10.4 Å². The van der Waals surface area contributed by atoms with Crippen molar-refractivity contribution >= 4 is 5.78 Å². The van der Waals surface area contributed by atoms with Crippen molar-refractivity contribution in [2.24, 2.45) is 11.7 Å². The first-order valence-corrected chi connectivity index (χ1v) is 9.14. The lowest BCUT2D eigenvalue weighted by atomic mass is 9.69. The van der Waals surface area contributed by atoms with Crippen LogP contribution in [0.5, 0.6) is 0 Å². The molecule has 0 bridgehead atoms. The first kappa shape index (κ1) is 18.7. The van der Waals surface area contributed by atoms with Gasteiger partial charge in [-0.1, -0.05) is 56.5 Å². The zero-order chi connectivity index (χ0) is 17.4. The van der Waals surface area contributed by atoms with E-state index in [0.717, 1.165) is 38.5 Å². The Balaban J connectivity index is 2.25. The van der Waals surface area contributed by atoms with Crippen LogP contribution in [0.4, 0.5) is 0 Å². The highest BCUT2D eigenvalue weighted by molar-refractivity contribution is 5.93. The summed E-state index contributed by atoms with van der Waals surface area (Å²) in [6, 6.07) is 8.54. The Hall–Kier alpha value is -1.63.